The van der Waals surface area contributed by atoms with E-state index in [1.165, 1.54) is 12.3 Å². The van der Waals surface area contributed by atoms with Gasteiger partial charge in [0.2, 0.25) is 0 Å². The third kappa shape index (κ3) is 3.92. The van der Waals surface area contributed by atoms with Crippen molar-refractivity contribution < 1.29 is 14.3 Å². The summed E-state index contributed by atoms with van der Waals surface area (Å²) < 4.78 is 5.04. The zero-order valence-electron chi connectivity index (χ0n) is 10.1. The van der Waals surface area contributed by atoms with Crippen LogP contribution in [0, 0.1) is 0 Å². The van der Waals surface area contributed by atoms with Gasteiger partial charge in [0.05, 0.1) is 11.9 Å². The Morgan fingerprint density at radius 2 is 2.00 bits per heavy atom. The predicted molar refractivity (Wildman–Crippen MR) is 69.9 cm³/mol. The lowest BCUT2D eigenvalue weighted by atomic mass is 10.2. The van der Waals surface area contributed by atoms with Crippen LogP contribution in [-0.4, -0.2) is 17.4 Å². The number of ether oxygens (including phenoxy) is 1. The number of rotatable bonds is 4. The number of amides is 1. The van der Waals surface area contributed by atoms with Crippen LogP contribution in [0.5, 0.6) is 0 Å². The van der Waals surface area contributed by atoms with Gasteiger partial charge in [-0.3, -0.25) is 15.1 Å². The van der Waals surface area contributed by atoms with Crippen LogP contribution in [0.1, 0.15) is 16.1 Å². The molecule has 5 heteroatoms. The second kappa shape index (κ2) is 6.30. The summed E-state index contributed by atoms with van der Waals surface area (Å²) in [7, 11) is 0. The van der Waals surface area contributed by atoms with Gasteiger partial charge in [-0.15, -0.1) is 0 Å². The van der Waals surface area contributed by atoms with E-state index in [1.807, 2.05) is 30.3 Å². The van der Waals surface area contributed by atoms with Gasteiger partial charge in [0.25, 0.3) is 0 Å². The molecule has 0 bridgehead atoms. The smallest absolute Gasteiger partial charge is 0.412 e. The number of hydrogen-bond acceptors (Lipinski definition) is 4. The maximum absolute atomic E-state index is 11.5. The van der Waals surface area contributed by atoms with E-state index in [0.29, 0.717) is 17.7 Å². The van der Waals surface area contributed by atoms with Crippen molar-refractivity contribution in [3.8, 4) is 0 Å². The first-order valence-electron chi connectivity index (χ1n) is 5.67. The molecule has 1 amide bonds. The van der Waals surface area contributed by atoms with Gasteiger partial charge in [-0.25, -0.2) is 4.79 Å². The molecule has 0 saturated carbocycles. The topological polar surface area (TPSA) is 68.3 Å². The summed E-state index contributed by atoms with van der Waals surface area (Å²) in [6, 6.07) is 12.5. The number of carbonyl (C=O) groups is 2. The lowest BCUT2D eigenvalue weighted by Crippen LogP contribution is -2.13. The molecule has 0 saturated heterocycles. The van der Waals surface area contributed by atoms with Crippen LogP contribution in [0.25, 0.3) is 0 Å². The molecule has 0 aliphatic carbocycles. The summed E-state index contributed by atoms with van der Waals surface area (Å²) in [6.45, 7) is 0.201. The van der Waals surface area contributed by atoms with E-state index in [9.17, 15) is 9.59 Å². The zero-order chi connectivity index (χ0) is 13.5. The molecule has 5 nitrogen and oxygen atoms in total. The third-order valence-electron chi connectivity index (χ3n) is 2.37. The first-order chi connectivity index (χ1) is 9.28. The van der Waals surface area contributed by atoms with Crippen molar-refractivity contribution in [1.82, 2.24) is 4.98 Å². The summed E-state index contributed by atoms with van der Waals surface area (Å²) in [5, 5.41) is 2.52. The normalized spacial score (nSPS) is 9.68. The highest BCUT2D eigenvalue weighted by Crippen LogP contribution is 2.07. The van der Waals surface area contributed by atoms with Crippen molar-refractivity contribution in [2.45, 2.75) is 6.61 Å². The van der Waals surface area contributed by atoms with Gasteiger partial charge in [0.15, 0.2) is 6.29 Å². The highest BCUT2D eigenvalue weighted by molar-refractivity contribution is 5.84. The van der Waals surface area contributed by atoms with Gasteiger partial charge in [0.1, 0.15) is 12.3 Å². The molecule has 1 heterocycles. The van der Waals surface area contributed by atoms with Gasteiger partial charge in [-0.05, 0) is 17.7 Å². The van der Waals surface area contributed by atoms with Gasteiger partial charge in [-0.1, -0.05) is 30.3 Å². The standard InChI is InChI=1S/C14H12N2O3/c17-9-13-7-6-12(8-15-13)16-14(18)19-10-11-4-2-1-3-5-11/h1-9H,10H2,(H,16,18). The maximum atomic E-state index is 11.5. The average Bonchev–Trinajstić information content (AvgIpc) is 2.47. The summed E-state index contributed by atoms with van der Waals surface area (Å²) in [4.78, 5) is 25.8. The molecule has 1 aromatic heterocycles. The Morgan fingerprint density at radius 1 is 1.21 bits per heavy atom. The molecule has 2 aromatic rings. The Bertz CT molecular complexity index is 553. The number of carbonyl (C=O) groups excluding carboxylic acids is 2. The van der Waals surface area contributed by atoms with Crippen LogP contribution in [0.15, 0.2) is 48.7 Å². The van der Waals surface area contributed by atoms with E-state index < -0.39 is 6.09 Å². The van der Waals surface area contributed by atoms with Crippen molar-refractivity contribution >= 4 is 18.1 Å². The van der Waals surface area contributed by atoms with Gasteiger partial charge >= 0.3 is 6.09 Å². The molecule has 0 aliphatic heterocycles. The van der Waals surface area contributed by atoms with E-state index in [0.717, 1.165) is 5.56 Å². The molecular formula is C14H12N2O3. The van der Waals surface area contributed by atoms with E-state index in [1.54, 1.807) is 6.07 Å². The van der Waals surface area contributed by atoms with Crippen LogP contribution in [0.4, 0.5) is 10.5 Å². The first kappa shape index (κ1) is 12.8. The highest BCUT2D eigenvalue weighted by atomic mass is 16.5. The van der Waals surface area contributed by atoms with Crippen LogP contribution in [-0.2, 0) is 11.3 Å². The van der Waals surface area contributed by atoms with Gasteiger partial charge in [-0.2, -0.15) is 0 Å². The monoisotopic (exact) mass is 256 g/mol. The van der Waals surface area contributed by atoms with Crippen LogP contribution >= 0.6 is 0 Å². The zero-order valence-corrected chi connectivity index (χ0v) is 10.1. The van der Waals surface area contributed by atoms with E-state index >= 15 is 0 Å². The number of nitrogens with one attached hydrogen (secondary N) is 1. The number of anilines is 1. The van der Waals surface area contributed by atoms with E-state index in [2.05, 4.69) is 10.3 Å². The Kier molecular flexibility index (Phi) is 4.23. The second-order valence-corrected chi connectivity index (χ2v) is 3.78. The Balaban J connectivity index is 1.85. The van der Waals surface area contributed by atoms with Gasteiger partial charge in [0, 0.05) is 0 Å². The van der Waals surface area contributed by atoms with Crippen LogP contribution in [0.2, 0.25) is 0 Å². The molecular weight excluding hydrogens is 244 g/mol. The number of benzene rings is 1. The lowest BCUT2D eigenvalue weighted by molar-refractivity contribution is 0.111. The summed E-state index contributed by atoms with van der Waals surface area (Å²) >= 11 is 0. The van der Waals surface area contributed by atoms with Crippen molar-refractivity contribution in [2.75, 3.05) is 5.32 Å². The molecule has 0 atom stereocenters. The number of aldehydes is 1. The molecule has 0 fully saturated rings. The predicted octanol–water partition coefficient (Wildman–Crippen LogP) is 2.64. The average molecular weight is 256 g/mol. The van der Waals surface area contributed by atoms with Crippen molar-refractivity contribution in [3.63, 3.8) is 0 Å². The van der Waals surface area contributed by atoms with E-state index in [4.69, 9.17) is 4.74 Å². The fourth-order valence-electron chi connectivity index (χ4n) is 1.43. The fraction of sp³-hybridized carbons (Fsp3) is 0.0714. The van der Waals surface area contributed by atoms with Crippen molar-refractivity contribution in [2.24, 2.45) is 0 Å². The summed E-state index contributed by atoms with van der Waals surface area (Å²) in [5.41, 5.74) is 1.69. The van der Waals surface area contributed by atoms with Gasteiger partial charge < -0.3 is 4.74 Å². The molecule has 0 unspecified atom stereocenters. The van der Waals surface area contributed by atoms with Crippen molar-refractivity contribution in [1.29, 1.82) is 0 Å². The maximum Gasteiger partial charge on any atom is 0.412 e. The van der Waals surface area contributed by atoms with E-state index in [-0.39, 0.29) is 6.61 Å². The number of pyridine rings is 1. The van der Waals surface area contributed by atoms with Crippen molar-refractivity contribution in [3.05, 3.63) is 59.9 Å². The molecule has 0 aliphatic rings. The number of nitrogens with zero attached hydrogens (tertiary/aromatic N) is 1. The molecule has 0 spiro atoms. The molecule has 19 heavy (non-hydrogen) atoms. The van der Waals surface area contributed by atoms with Crippen LogP contribution in [0.3, 0.4) is 0 Å². The molecule has 1 N–H and O–H groups in total. The minimum Gasteiger partial charge on any atom is -0.444 e. The Hall–Kier alpha value is -2.69. The Morgan fingerprint density at radius 3 is 2.63 bits per heavy atom. The molecule has 96 valence electrons. The molecule has 2 rings (SSSR count). The Labute approximate surface area is 110 Å². The lowest BCUT2D eigenvalue weighted by Gasteiger charge is -2.06. The minimum atomic E-state index is -0.565. The SMILES string of the molecule is O=Cc1ccc(NC(=O)OCc2ccccc2)cn1. The highest BCUT2D eigenvalue weighted by Gasteiger charge is 2.04. The summed E-state index contributed by atoms with van der Waals surface area (Å²) in [6.07, 6.45) is 1.47. The molecule has 1 aromatic carbocycles. The largest absolute Gasteiger partial charge is 0.444 e. The van der Waals surface area contributed by atoms with Crippen LogP contribution < -0.4 is 5.32 Å². The minimum absolute atomic E-state index is 0.201. The summed E-state index contributed by atoms with van der Waals surface area (Å²) in [5.74, 6) is 0. The second-order valence-electron chi connectivity index (χ2n) is 3.78. The fourth-order valence-corrected chi connectivity index (χ4v) is 1.43. The number of aromatic nitrogens is 1. The quantitative estimate of drug-likeness (QED) is 0.854. The number of hydrogen-bond donors (Lipinski definition) is 1. The first-order valence-corrected chi connectivity index (χ1v) is 5.67. The molecule has 0 radical (unpaired) electrons. The third-order valence-corrected chi connectivity index (χ3v) is 2.37.